The number of amides is 2. The topological polar surface area (TPSA) is 102 Å². The van der Waals surface area contributed by atoms with E-state index in [0.717, 1.165) is 11.4 Å². The van der Waals surface area contributed by atoms with Crippen molar-refractivity contribution in [3.05, 3.63) is 34.5 Å². The van der Waals surface area contributed by atoms with E-state index in [0.29, 0.717) is 17.0 Å². The van der Waals surface area contributed by atoms with Crippen LogP contribution in [0.15, 0.2) is 10.6 Å². The van der Waals surface area contributed by atoms with E-state index in [2.05, 4.69) is 21.1 Å². The van der Waals surface area contributed by atoms with Crippen molar-refractivity contribution >= 4 is 11.8 Å². The highest BCUT2D eigenvalue weighted by molar-refractivity contribution is 5.97. The molecule has 2 aromatic rings. The molecular formula is C15H21N5O3. The highest BCUT2D eigenvalue weighted by Crippen LogP contribution is 2.21. The number of hydrogen-bond donors (Lipinski definition) is 2. The molecule has 0 saturated heterocycles. The lowest BCUT2D eigenvalue weighted by Crippen LogP contribution is -2.43. The number of rotatable bonds is 4. The molecule has 0 bridgehead atoms. The Morgan fingerprint density at radius 1 is 1.26 bits per heavy atom. The maximum atomic E-state index is 12.2. The van der Waals surface area contributed by atoms with Gasteiger partial charge < -0.3 is 4.52 Å². The SMILES string of the molecule is Cc1cc(C)n(CC(=O)NNC(=O)c2c(C)noc2C(C)C)n1. The number of hydrogen-bond acceptors (Lipinski definition) is 5. The second-order valence-corrected chi connectivity index (χ2v) is 5.75. The minimum absolute atomic E-state index is 0.0161. The molecule has 0 aliphatic carbocycles. The summed E-state index contributed by atoms with van der Waals surface area (Å²) in [4.78, 5) is 24.2. The van der Waals surface area contributed by atoms with E-state index in [9.17, 15) is 9.59 Å². The van der Waals surface area contributed by atoms with Gasteiger partial charge in [0.2, 0.25) is 0 Å². The van der Waals surface area contributed by atoms with Crippen LogP contribution in [0.25, 0.3) is 0 Å². The maximum Gasteiger partial charge on any atom is 0.275 e. The van der Waals surface area contributed by atoms with Crippen LogP contribution >= 0.6 is 0 Å². The molecular weight excluding hydrogens is 298 g/mol. The van der Waals surface area contributed by atoms with Crippen molar-refractivity contribution in [1.29, 1.82) is 0 Å². The van der Waals surface area contributed by atoms with E-state index in [-0.39, 0.29) is 18.4 Å². The van der Waals surface area contributed by atoms with Gasteiger partial charge in [0.05, 0.1) is 11.4 Å². The molecule has 2 heterocycles. The summed E-state index contributed by atoms with van der Waals surface area (Å²) in [6.45, 7) is 9.23. The van der Waals surface area contributed by atoms with E-state index in [1.807, 2.05) is 33.8 Å². The van der Waals surface area contributed by atoms with Crippen LogP contribution in [0.1, 0.15) is 53.0 Å². The van der Waals surface area contributed by atoms with Gasteiger partial charge >= 0.3 is 0 Å². The number of aryl methyl sites for hydroxylation is 3. The van der Waals surface area contributed by atoms with E-state index in [1.54, 1.807) is 11.6 Å². The van der Waals surface area contributed by atoms with Crippen molar-refractivity contribution in [1.82, 2.24) is 25.8 Å². The first kappa shape index (κ1) is 16.7. The molecule has 2 amide bonds. The standard InChI is InChI=1S/C15H21N5O3/c1-8(2)14-13(11(5)19-23-14)15(22)17-16-12(21)7-20-10(4)6-9(3)18-20/h6,8H,7H2,1-5H3,(H,16,21)(H,17,22). The summed E-state index contributed by atoms with van der Waals surface area (Å²) in [5.74, 6) is -0.311. The lowest BCUT2D eigenvalue weighted by Gasteiger charge is -2.09. The Bertz CT molecular complexity index is 730. The van der Waals surface area contributed by atoms with Crippen LogP contribution in [-0.4, -0.2) is 26.8 Å². The van der Waals surface area contributed by atoms with E-state index in [1.165, 1.54) is 0 Å². The zero-order valence-corrected chi connectivity index (χ0v) is 13.9. The molecule has 0 aliphatic rings. The Balaban J connectivity index is 1.98. The lowest BCUT2D eigenvalue weighted by atomic mass is 10.1. The second-order valence-electron chi connectivity index (χ2n) is 5.75. The first-order chi connectivity index (χ1) is 10.8. The zero-order chi connectivity index (χ0) is 17.1. The maximum absolute atomic E-state index is 12.2. The Kier molecular flexibility index (Phi) is 4.83. The molecule has 0 aliphatic heterocycles. The van der Waals surface area contributed by atoms with Crippen molar-refractivity contribution < 1.29 is 14.1 Å². The number of hydrazine groups is 1. The minimum Gasteiger partial charge on any atom is -0.360 e. The summed E-state index contributed by atoms with van der Waals surface area (Å²) in [7, 11) is 0. The summed E-state index contributed by atoms with van der Waals surface area (Å²) >= 11 is 0. The molecule has 23 heavy (non-hydrogen) atoms. The van der Waals surface area contributed by atoms with Crippen molar-refractivity contribution in [3.63, 3.8) is 0 Å². The van der Waals surface area contributed by atoms with Crippen LogP contribution in [0, 0.1) is 20.8 Å². The normalized spacial score (nSPS) is 10.9. The van der Waals surface area contributed by atoms with E-state index in [4.69, 9.17) is 4.52 Å². The van der Waals surface area contributed by atoms with Gasteiger partial charge in [0.1, 0.15) is 12.1 Å². The lowest BCUT2D eigenvalue weighted by molar-refractivity contribution is -0.122. The fourth-order valence-corrected chi connectivity index (χ4v) is 2.26. The first-order valence-electron chi connectivity index (χ1n) is 7.36. The Morgan fingerprint density at radius 3 is 2.52 bits per heavy atom. The van der Waals surface area contributed by atoms with Crippen molar-refractivity contribution in [2.24, 2.45) is 0 Å². The molecule has 0 fully saturated rings. The van der Waals surface area contributed by atoms with Gasteiger partial charge in [0, 0.05) is 11.6 Å². The number of nitrogens with zero attached hydrogens (tertiary/aromatic N) is 3. The van der Waals surface area contributed by atoms with Gasteiger partial charge in [-0.1, -0.05) is 19.0 Å². The Hall–Kier alpha value is -2.64. The molecule has 0 spiro atoms. The molecule has 8 nitrogen and oxygen atoms in total. The molecule has 0 aromatic carbocycles. The third-order valence-corrected chi connectivity index (χ3v) is 3.35. The number of aromatic nitrogens is 3. The van der Waals surface area contributed by atoms with Crippen LogP contribution in [-0.2, 0) is 11.3 Å². The highest BCUT2D eigenvalue weighted by Gasteiger charge is 2.22. The van der Waals surface area contributed by atoms with Gasteiger partial charge in [-0.3, -0.25) is 25.1 Å². The molecule has 8 heteroatoms. The minimum atomic E-state index is -0.450. The molecule has 124 valence electrons. The van der Waals surface area contributed by atoms with Gasteiger partial charge in [-0.2, -0.15) is 5.10 Å². The monoisotopic (exact) mass is 319 g/mol. The average Bonchev–Trinajstić information content (AvgIpc) is 2.99. The van der Waals surface area contributed by atoms with Crippen LogP contribution in [0.3, 0.4) is 0 Å². The Labute approximate surface area is 134 Å². The highest BCUT2D eigenvalue weighted by atomic mass is 16.5. The van der Waals surface area contributed by atoms with Gasteiger partial charge in [0.15, 0.2) is 5.76 Å². The molecule has 0 atom stereocenters. The van der Waals surface area contributed by atoms with Crippen LogP contribution in [0.2, 0.25) is 0 Å². The first-order valence-corrected chi connectivity index (χ1v) is 7.36. The van der Waals surface area contributed by atoms with Gasteiger partial charge in [-0.15, -0.1) is 0 Å². The predicted octanol–water partition coefficient (Wildman–Crippen LogP) is 1.38. The zero-order valence-electron chi connectivity index (χ0n) is 13.9. The fraction of sp³-hybridized carbons (Fsp3) is 0.467. The largest absolute Gasteiger partial charge is 0.360 e. The number of carbonyl (C=O) groups excluding carboxylic acids is 2. The van der Waals surface area contributed by atoms with E-state index >= 15 is 0 Å². The van der Waals surface area contributed by atoms with Gasteiger partial charge in [0.25, 0.3) is 11.8 Å². The average molecular weight is 319 g/mol. The van der Waals surface area contributed by atoms with Crippen LogP contribution in [0.4, 0.5) is 0 Å². The van der Waals surface area contributed by atoms with Gasteiger partial charge in [-0.05, 0) is 26.8 Å². The molecule has 0 unspecified atom stereocenters. The molecule has 2 N–H and O–H groups in total. The third-order valence-electron chi connectivity index (χ3n) is 3.35. The summed E-state index contributed by atoms with van der Waals surface area (Å²) in [6.07, 6.45) is 0. The molecule has 0 radical (unpaired) electrons. The molecule has 2 aromatic heterocycles. The summed E-state index contributed by atoms with van der Waals surface area (Å²) in [6, 6.07) is 1.88. The summed E-state index contributed by atoms with van der Waals surface area (Å²) < 4.78 is 6.73. The predicted molar refractivity (Wildman–Crippen MR) is 82.6 cm³/mol. The number of carbonyl (C=O) groups is 2. The van der Waals surface area contributed by atoms with Crippen LogP contribution in [0.5, 0.6) is 0 Å². The Morgan fingerprint density at radius 2 is 1.96 bits per heavy atom. The van der Waals surface area contributed by atoms with E-state index < -0.39 is 5.91 Å². The van der Waals surface area contributed by atoms with Crippen LogP contribution < -0.4 is 10.9 Å². The third kappa shape index (κ3) is 3.77. The van der Waals surface area contributed by atoms with Crippen molar-refractivity contribution in [2.75, 3.05) is 0 Å². The molecule has 0 saturated carbocycles. The number of nitrogens with one attached hydrogen (secondary N) is 2. The quantitative estimate of drug-likeness (QED) is 0.829. The van der Waals surface area contributed by atoms with Gasteiger partial charge in [-0.25, -0.2) is 0 Å². The summed E-state index contributed by atoms with van der Waals surface area (Å²) in [5, 5.41) is 8.00. The molecule has 2 rings (SSSR count). The van der Waals surface area contributed by atoms with Crippen molar-refractivity contribution in [3.8, 4) is 0 Å². The summed E-state index contributed by atoms with van der Waals surface area (Å²) in [5.41, 5.74) is 7.32. The second kappa shape index (κ2) is 6.64. The smallest absolute Gasteiger partial charge is 0.275 e. The van der Waals surface area contributed by atoms with Crippen molar-refractivity contribution in [2.45, 2.75) is 47.1 Å². The fourth-order valence-electron chi connectivity index (χ4n) is 2.26.